The van der Waals surface area contributed by atoms with Gasteiger partial charge in [0.05, 0.1) is 12.1 Å². The quantitative estimate of drug-likeness (QED) is 0.422. The van der Waals surface area contributed by atoms with Gasteiger partial charge in [-0.3, -0.25) is 10.2 Å². The second-order valence-corrected chi connectivity index (χ2v) is 4.41. The molecular formula is C14H13N5O. The van der Waals surface area contributed by atoms with Crippen LogP contribution in [0.5, 0.6) is 0 Å². The van der Waals surface area contributed by atoms with Crippen molar-refractivity contribution in [1.82, 2.24) is 20.4 Å². The van der Waals surface area contributed by atoms with Gasteiger partial charge in [0.1, 0.15) is 5.52 Å². The lowest BCUT2D eigenvalue weighted by atomic mass is 10.1. The zero-order chi connectivity index (χ0) is 13.9. The smallest absolute Gasteiger partial charge is 0.265 e. The van der Waals surface area contributed by atoms with Crippen LogP contribution in [0.1, 0.15) is 15.9 Å². The first kappa shape index (κ1) is 12.3. The lowest BCUT2D eigenvalue weighted by Gasteiger charge is -2.05. The van der Waals surface area contributed by atoms with Crippen molar-refractivity contribution in [1.29, 1.82) is 0 Å². The Kier molecular flexibility index (Phi) is 3.14. The molecule has 0 spiro atoms. The number of nitrogens with one attached hydrogen (secondary N) is 1. The van der Waals surface area contributed by atoms with Gasteiger partial charge in [0.2, 0.25) is 0 Å². The number of benzene rings is 2. The van der Waals surface area contributed by atoms with E-state index in [0.717, 1.165) is 16.6 Å². The highest BCUT2D eigenvalue weighted by Crippen LogP contribution is 2.13. The summed E-state index contributed by atoms with van der Waals surface area (Å²) in [5.41, 5.74) is 5.42. The summed E-state index contributed by atoms with van der Waals surface area (Å²) in [6.07, 6.45) is 0. The van der Waals surface area contributed by atoms with Crippen LogP contribution in [0.25, 0.3) is 11.0 Å². The minimum atomic E-state index is -0.310. The zero-order valence-electron chi connectivity index (χ0n) is 10.7. The molecule has 0 saturated carbocycles. The highest BCUT2D eigenvalue weighted by Gasteiger charge is 2.07. The number of fused-ring (bicyclic) bond motifs is 1. The van der Waals surface area contributed by atoms with E-state index in [-0.39, 0.29) is 5.91 Å². The third kappa shape index (κ3) is 2.24. The van der Waals surface area contributed by atoms with Gasteiger partial charge < -0.3 is 0 Å². The summed E-state index contributed by atoms with van der Waals surface area (Å²) in [6.45, 7) is 0.548. The van der Waals surface area contributed by atoms with Crippen molar-refractivity contribution in [3.63, 3.8) is 0 Å². The predicted octanol–water partition coefficient (Wildman–Crippen LogP) is 1.08. The van der Waals surface area contributed by atoms with Gasteiger partial charge in [-0.2, -0.15) is 0 Å². The number of hydrogen-bond donors (Lipinski definition) is 2. The molecule has 1 aromatic heterocycles. The Morgan fingerprint density at radius 1 is 1.20 bits per heavy atom. The Balaban J connectivity index is 1.93. The van der Waals surface area contributed by atoms with Crippen LogP contribution in [0, 0.1) is 0 Å². The van der Waals surface area contributed by atoms with Crippen LogP contribution in [-0.4, -0.2) is 20.9 Å². The van der Waals surface area contributed by atoms with Crippen molar-refractivity contribution in [3.05, 3.63) is 59.7 Å². The normalized spacial score (nSPS) is 10.7. The molecule has 2 aromatic carbocycles. The van der Waals surface area contributed by atoms with Crippen LogP contribution in [0.4, 0.5) is 0 Å². The maximum absolute atomic E-state index is 11.5. The fourth-order valence-corrected chi connectivity index (χ4v) is 2.10. The highest BCUT2D eigenvalue weighted by atomic mass is 16.2. The average molecular weight is 267 g/mol. The van der Waals surface area contributed by atoms with Crippen LogP contribution in [0.2, 0.25) is 0 Å². The number of nitrogens with zero attached hydrogens (tertiary/aromatic N) is 3. The van der Waals surface area contributed by atoms with Crippen LogP contribution in [-0.2, 0) is 6.54 Å². The van der Waals surface area contributed by atoms with Crippen molar-refractivity contribution in [2.45, 2.75) is 6.54 Å². The summed E-state index contributed by atoms with van der Waals surface area (Å²) < 4.78 is 1.80. The number of amides is 1. The number of carbonyl (C=O) groups is 1. The molecule has 0 aliphatic rings. The lowest BCUT2D eigenvalue weighted by Crippen LogP contribution is -2.30. The van der Waals surface area contributed by atoms with E-state index in [0.29, 0.717) is 12.1 Å². The molecule has 0 aliphatic carbocycles. The summed E-state index contributed by atoms with van der Waals surface area (Å²) in [7, 11) is 0. The minimum absolute atomic E-state index is 0.310. The summed E-state index contributed by atoms with van der Waals surface area (Å²) in [5.74, 6) is 4.83. The predicted molar refractivity (Wildman–Crippen MR) is 74.7 cm³/mol. The van der Waals surface area contributed by atoms with Crippen LogP contribution in [0.15, 0.2) is 48.5 Å². The van der Waals surface area contributed by atoms with Gasteiger partial charge in [0, 0.05) is 5.56 Å². The van der Waals surface area contributed by atoms with Gasteiger partial charge in [0.25, 0.3) is 5.91 Å². The Morgan fingerprint density at radius 3 is 2.90 bits per heavy atom. The maximum atomic E-state index is 11.5. The van der Waals surface area contributed by atoms with Crippen LogP contribution in [0.3, 0.4) is 0 Å². The van der Waals surface area contributed by atoms with E-state index < -0.39 is 0 Å². The van der Waals surface area contributed by atoms with E-state index in [1.54, 1.807) is 16.8 Å². The molecule has 3 N–H and O–H groups in total. The van der Waals surface area contributed by atoms with E-state index >= 15 is 0 Å². The van der Waals surface area contributed by atoms with Crippen molar-refractivity contribution in [3.8, 4) is 0 Å². The topological polar surface area (TPSA) is 85.8 Å². The summed E-state index contributed by atoms with van der Waals surface area (Å²) >= 11 is 0. The molecule has 20 heavy (non-hydrogen) atoms. The Morgan fingerprint density at radius 2 is 2.05 bits per heavy atom. The second-order valence-electron chi connectivity index (χ2n) is 4.41. The fraction of sp³-hybridized carbons (Fsp3) is 0.0714. The molecule has 1 amide bonds. The van der Waals surface area contributed by atoms with Crippen molar-refractivity contribution in [2.75, 3.05) is 0 Å². The largest absolute Gasteiger partial charge is 0.290 e. The number of hydrogen-bond acceptors (Lipinski definition) is 4. The number of nitrogens with two attached hydrogens (primary N) is 1. The van der Waals surface area contributed by atoms with E-state index in [2.05, 4.69) is 15.7 Å². The average Bonchev–Trinajstić information content (AvgIpc) is 2.90. The van der Waals surface area contributed by atoms with E-state index in [4.69, 9.17) is 5.84 Å². The third-order valence-corrected chi connectivity index (χ3v) is 3.07. The van der Waals surface area contributed by atoms with Gasteiger partial charge in [-0.1, -0.05) is 29.5 Å². The van der Waals surface area contributed by atoms with E-state index in [1.165, 1.54) is 0 Å². The zero-order valence-corrected chi connectivity index (χ0v) is 10.7. The second kappa shape index (κ2) is 5.10. The van der Waals surface area contributed by atoms with Crippen molar-refractivity contribution in [2.24, 2.45) is 5.84 Å². The Bertz CT molecular complexity index is 765. The molecule has 0 bridgehead atoms. The molecule has 3 rings (SSSR count). The summed E-state index contributed by atoms with van der Waals surface area (Å²) in [5, 5.41) is 8.23. The standard InChI is InChI=1S/C14H13N5O/c15-16-14(20)11-5-3-4-10(8-11)9-19-13-7-2-1-6-12(13)17-18-19/h1-8H,9,15H2,(H,16,20). The van der Waals surface area contributed by atoms with Gasteiger partial charge in [-0.25, -0.2) is 10.5 Å². The van der Waals surface area contributed by atoms with E-state index in [1.807, 2.05) is 36.4 Å². The number of hydrazine groups is 1. The SMILES string of the molecule is NNC(=O)c1cccc(Cn2nnc3ccccc32)c1. The molecule has 0 unspecified atom stereocenters. The summed E-state index contributed by atoms with van der Waals surface area (Å²) in [4.78, 5) is 11.5. The number of nitrogen functional groups attached to an aromatic ring is 1. The molecule has 0 atom stereocenters. The first-order valence-corrected chi connectivity index (χ1v) is 6.16. The fourth-order valence-electron chi connectivity index (χ4n) is 2.10. The van der Waals surface area contributed by atoms with Crippen molar-refractivity contribution >= 4 is 16.9 Å². The Hall–Kier alpha value is -2.73. The molecular weight excluding hydrogens is 254 g/mol. The van der Waals surface area contributed by atoms with Crippen molar-refractivity contribution < 1.29 is 4.79 Å². The van der Waals surface area contributed by atoms with E-state index in [9.17, 15) is 4.79 Å². The minimum Gasteiger partial charge on any atom is -0.290 e. The molecule has 6 nitrogen and oxygen atoms in total. The molecule has 0 aliphatic heterocycles. The number of carbonyl (C=O) groups excluding carboxylic acids is 1. The van der Waals surface area contributed by atoms with Crippen LogP contribution < -0.4 is 11.3 Å². The van der Waals surface area contributed by atoms with Gasteiger partial charge in [-0.05, 0) is 29.8 Å². The third-order valence-electron chi connectivity index (χ3n) is 3.07. The number of rotatable bonds is 3. The lowest BCUT2D eigenvalue weighted by molar-refractivity contribution is 0.0953. The first-order valence-electron chi connectivity index (χ1n) is 6.16. The molecule has 0 radical (unpaired) electrons. The van der Waals surface area contributed by atoms with Gasteiger partial charge >= 0.3 is 0 Å². The highest BCUT2D eigenvalue weighted by molar-refractivity contribution is 5.93. The number of aromatic nitrogens is 3. The summed E-state index contributed by atoms with van der Waals surface area (Å²) in [6, 6.07) is 15.0. The molecule has 100 valence electrons. The molecule has 0 saturated heterocycles. The molecule has 3 aromatic rings. The Labute approximate surface area is 115 Å². The first-order chi connectivity index (χ1) is 9.78. The van der Waals surface area contributed by atoms with Gasteiger partial charge in [-0.15, -0.1) is 5.10 Å². The molecule has 0 fully saturated rings. The molecule has 6 heteroatoms. The van der Waals surface area contributed by atoms with Crippen LogP contribution >= 0.6 is 0 Å². The molecule has 1 heterocycles. The maximum Gasteiger partial charge on any atom is 0.265 e. The van der Waals surface area contributed by atoms with Gasteiger partial charge in [0.15, 0.2) is 0 Å². The monoisotopic (exact) mass is 267 g/mol. The number of para-hydroxylation sites is 1.